The van der Waals surface area contributed by atoms with Gasteiger partial charge in [0.05, 0.1) is 7.11 Å². The molecule has 6 heteroatoms. The first-order valence-electron chi connectivity index (χ1n) is 12.8. The summed E-state index contributed by atoms with van der Waals surface area (Å²) in [4.78, 5) is 7.26. The van der Waals surface area contributed by atoms with Crippen LogP contribution in [0.4, 0.5) is 0 Å². The molecule has 1 aliphatic heterocycles. The van der Waals surface area contributed by atoms with Gasteiger partial charge in [-0.1, -0.05) is 30.3 Å². The van der Waals surface area contributed by atoms with Crippen molar-refractivity contribution in [2.45, 2.75) is 69.7 Å². The summed E-state index contributed by atoms with van der Waals surface area (Å²) in [5, 5.41) is 9.96. The van der Waals surface area contributed by atoms with Gasteiger partial charge in [0.1, 0.15) is 11.6 Å². The van der Waals surface area contributed by atoms with Crippen molar-refractivity contribution >= 4 is 16.6 Å². The van der Waals surface area contributed by atoms with Crippen molar-refractivity contribution in [2.24, 2.45) is 16.6 Å². The minimum atomic E-state index is -0.688. The number of amidine groups is 1. The first kappa shape index (κ1) is 23.2. The molecule has 1 saturated carbocycles. The third kappa shape index (κ3) is 4.41. The van der Waals surface area contributed by atoms with Gasteiger partial charge < -0.3 is 20.3 Å². The number of benzene rings is 2. The van der Waals surface area contributed by atoms with E-state index in [0.717, 1.165) is 56.7 Å². The fourth-order valence-electron chi connectivity index (χ4n) is 6.02. The largest absolute Gasteiger partial charge is 0.496 e. The SMILES string of the molecule is COc1ccc(CNC2CCC(C3(N)N=C(N(C)C)C4=C(CCCC4)N3)CC2)c2ccccc12. The number of hydrogen-bond donors (Lipinski definition) is 3. The highest BCUT2D eigenvalue weighted by molar-refractivity contribution is 5.99. The normalized spacial score (nSPS) is 27.1. The second kappa shape index (κ2) is 9.59. The summed E-state index contributed by atoms with van der Waals surface area (Å²) < 4.78 is 5.56. The lowest BCUT2D eigenvalue weighted by molar-refractivity contribution is 0.160. The average Bonchev–Trinajstić information content (AvgIpc) is 2.87. The van der Waals surface area contributed by atoms with Gasteiger partial charge in [-0.25, -0.2) is 4.99 Å². The van der Waals surface area contributed by atoms with Crippen molar-refractivity contribution < 1.29 is 4.74 Å². The number of hydrogen-bond acceptors (Lipinski definition) is 6. The minimum absolute atomic E-state index is 0.346. The topological polar surface area (TPSA) is 74.9 Å². The molecule has 0 saturated heterocycles. The van der Waals surface area contributed by atoms with Gasteiger partial charge in [0, 0.05) is 49.3 Å². The lowest BCUT2D eigenvalue weighted by Crippen LogP contribution is -2.61. The highest BCUT2D eigenvalue weighted by Crippen LogP contribution is 2.37. The Labute approximate surface area is 203 Å². The van der Waals surface area contributed by atoms with Crippen molar-refractivity contribution in [3.05, 3.63) is 53.2 Å². The van der Waals surface area contributed by atoms with Gasteiger partial charge in [0.2, 0.25) is 0 Å². The molecule has 0 spiro atoms. The summed E-state index contributed by atoms with van der Waals surface area (Å²) in [6.45, 7) is 0.866. The summed E-state index contributed by atoms with van der Waals surface area (Å²) >= 11 is 0. The first-order chi connectivity index (χ1) is 16.5. The van der Waals surface area contributed by atoms with Crippen LogP contribution in [0.3, 0.4) is 0 Å². The highest BCUT2D eigenvalue weighted by atomic mass is 16.5. The number of methoxy groups -OCH3 is 1. The second-order valence-corrected chi connectivity index (χ2v) is 10.3. The summed E-state index contributed by atoms with van der Waals surface area (Å²) in [6, 6.07) is 13.3. The monoisotopic (exact) mass is 461 g/mol. The van der Waals surface area contributed by atoms with Crippen LogP contribution in [0, 0.1) is 5.92 Å². The molecule has 1 unspecified atom stereocenters. The zero-order valence-electron chi connectivity index (χ0n) is 20.9. The molecule has 0 radical (unpaired) electrons. The van der Waals surface area contributed by atoms with Gasteiger partial charge in [0.25, 0.3) is 0 Å². The number of allylic oxidation sites excluding steroid dienone is 1. The number of likely N-dealkylation sites (N-methyl/N-ethyl adjacent to an activating group) is 1. The number of nitrogens with two attached hydrogens (primary N) is 1. The van der Waals surface area contributed by atoms with Gasteiger partial charge in [-0.2, -0.15) is 0 Å². The molecule has 2 aliphatic carbocycles. The summed E-state index contributed by atoms with van der Waals surface area (Å²) in [7, 11) is 5.92. The summed E-state index contributed by atoms with van der Waals surface area (Å²) in [5.74, 6) is 1.68. The maximum Gasteiger partial charge on any atom is 0.187 e. The number of aliphatic imine (C=N–C) groups is 1. The molecule has 3 aliphatic rings. The molecule has 1 atom stereocenters. The number of nitrogens with one attached hydrogen (secondary N) is 2. The van der Waals surface area contributed by atoms with E-state index in [2.05, 4.69) is 66.0 Å². The Balaban J connectivity index is 1.23. The van der Waals surface area contributed by atoms with E-state index in [0.29, 0.717) is 12.0 Å². The summed E-state index contributed by atoms with van der Waals surface area (Å²) in [5.41, 5.74) is 11.0. The van der Waals surface area contributed by atoms with Gasteiger partial charge in [-0.15, -0.1) is 0 Å². The molecule has 6 nitrogen and oxygen atoms in total. The summed E-state index contributed by atoms with van der Waals surface area (Å²) in [6.07, 6.45) is 9.08. The Morgan fingerprint density at radius 2 is 1.79 bits per heavy atom. The van der Waals surface area contributed by atoms with Crippen LogP contribution >= 0.6 is 0 Å². The van der Waals surface area contributed by atoms with E-state index in [9.17, 15) is 0 Å². The van der Waals surface area contributed by atoms with Crippen LogP contribution in [-0.2, 0) is 6.54 Å². The average molecular weight is 462 g/mol. The smallest absolute Gasteiger partial charge is 0.187 e. The maximum atomic E-state index is 6.98. The molecule has 0 bridgehead atoms. The van der Waals surface area contributed by atoms with Crippen molar-refractivity contribution in [2.75, 3.05) is 21.2 Å². The predicted octanol–water partition coefficient (Wildman–Crippen LogP) is 4.50. The van der Waals surface area contributed by atoms with E-state index in [1.807, 2.05) is 0 Å². The van der Waals surface area contributed by atoms with E-state index in [4.69, 9.17) is 15.5 Å². The van der Waals surface area contributed by atoms with E-state index in [1.54, 1.807) is 7.11 Å². The molecule has 34 heavy (non-hydrogen) atoms. The van der Waals surface area contributed by atoms with Gasteiger partial charge in [-0.05, 0) is 68.4 Å². The Bertz CT molecular complexity index is 1100. The molecule has 182 valence electrons. The van der Waals surface area contributed by atoms with Gasteiger partial charge in [0.15, 0.2) is 5.79 Å². The third-order valence-electron chi connectivity index (χ3n) is 7.93. The molecule has 0 amide bonds. The molecule has 4 N–H and O–H groups in total. The van der Waals surface area contributed by atoms with E-state index < -0.39 is 5.79 Å². The molecule has 2 aromatic rings. The number of rotatable bonds is 5. The van der Waals surface area contributed by atoms with Crippen LogP contribution in [0.25, 0.3) is 10.8 Å². The fraction of sp³-hybridized carbons (Fsp3) is 0.536. The molecule has 0 aromatic heterocycles. The second-order valence-electron chi connectivity index (χ2n) is 10.3. The van der Waals surface area contributed by atoms with E-state index in [-0.39, 0.29) is 0 Å². The van der Waals surface area contributed by atoms with Crippen molar-refractivity contribution in [1.82, 2.24) is 15.5 Å². The molecular formula is C28H39N5O. The van der Waals surface area contributed by atoms with Crippen LogP contribution < -0.4 is 21.1 Å². The number of ether oxygens (including phenoxy) is 1. The third-order valence-corrected chi connectivity index (χ3v) is 7.93. The Kier molecular flexibility index (Phi) is 6.54. The zero-order chi connectivity index (χ0) is 23.7. The lowest BCUT2D eigenvalue weighted by atomic mass is 9.80. The van der Waals surface area contributed by atoms with Crippen LogP contribution in [0.5, 0.6) is 5.75 Å². The standard InChI is InChI=1S/C28H39N5O/c1-33(2)27-24-10-6-7-11-25(24)31-28(29,32-27)20-13-15-21(16-14-20)30-18-19-12-17-26(34-3)23-9-5-4-8-22(19)23/h4-5,8-9,12,17,20-21,30-31H,6-7,10-11,13-16,18,29H2,1-3H3. The highest BCUT2D eigenvalue weighted by Gasteiger charge is 2.42. The number of fused-ring (bicyclic) bond motifs is 1. The van der Waals surface area contributed by atoms with Crippen LogP contribution in [-0.4, -0.2) is 43.8 Å². The Morgan fingerprint density at radius 1 is 1.06 bits per heavy atom. The van der Waals surface area contributed by atoms with E-state index in [1.165, 1.54) is 40.4 Å². The van der Waals surface area contributed by atoms with Gasteiger partial charge >= 0.3 is 0 Å². The number of nitrogens with zero attached hydrogens (tertiary/aromatic N) is 2. The van der Waals surface area contributed by atoms with E-state index >= 15 is 0 Å². The zero-order valence-corrected chi connectivity index (χ0v) is 20.9. The van der Waals surface area contributed by atoms with Crippen LogP contribution in [0.1, 0.15) is 56.9 Å². The van der Waals surface area contributed by atoms with Crippen molar-refractivity contribution in [3.63, 3.8) is 0 Å². The van der Waals surface area contributed by atoms with Crippen molar-refractivity contribution in [1.29, 1.82) is 0 Å². The quantitative estimate of drug-likeness (QED) is 0.611. The van der Waals surface area contributed by atoms with Crippen LogP contribution in [0.2, 0.25) is 0 Å². The minimum Gasteiger partial charge on any atom is -0.496 e. The molecule has 1 heterocycles. The lowest BCUT2D eigenvalue weighted by Gasteiger charge is -2.45. The molecule has 1 fully saturated rings. The van der Waals surface area contributed by atoms with Crippen LogP contribution in [0.15, 0.2) is 52.7 Å². The molecule has 2 aromatic carbocycles. The maximum absolute atomic E-state index is 6.98. The Morgan fingerprint density at radius 3 is 2.53 bits per heavy atom. The molecular weight excluding hydrogens is 422 g/mol. The van der Waals surface area contributed by atoms with Gasteiger partial charge in [-0.3, -0.25) is 5.73 Å². The first-order valence-corrected chi connectivity index (χ1v) is 12.8. The van der Waals surface area contributed by atoms with Crippen molar-refractivity contribution in [3.8, 4) is 5.75 Å². The molecule has 5 rings (SSSR count). The fourth-order valence-corrected chi connectivity index (χ4v) is 6.02. The predicted molar refractivity (Wildman–Crippen MR) is 140 cm³/mol. The Hall–Kier alpha value is -2.57.